The van der Waals surface area contributed by atoms with Gasteiger partial charge < -0.3 is 16.2 Å². The topological polar surface area (TPSA) is 154 Å². The van der Waals surface area contributed by atoms with E-state index in [2.05, 4.69) is 21.5 Å². The number of pyridine rings is 2. The van der Waals surface area contributed by atoms with Gasteiger partial charge in [-0.15, -0.1) is 0 Å². The van der Waals surface area contributed by atoms with Crippen molar-refractivity contribution in [1.82, 2.24) is 34.6 Å². The lowest BCUT2D eigenvalue weighted by molar-refractivity contribution is 0.0936. The Morgan fingerprint density at radius 2 is 1.93 bits per heavy atom. The van der Waals surface area contributed by atoms with Crippen molar-refractivity contribution in [2.24, 2.45) is 0 Å². The van der Waals surface area contributed by atoms with Crippen LogP contribution in [0.25, 0.3) is 34.1 Å². The van der Waals surface area contributed by atoms with Gasteiger partial charge in [0.1, 0.15) is 17.1 Å². The van der Waals surface area contributed by atoms with Crippen LogP contribution in [0.4, 0.5) is 5.82 Å². The number of aromatic hydroxyl groups is 1. The number of phenols is 1. The van der Waals surface area contributed by atoms with E-state index in [9.17, 15) is 14.7 Å². The molecule has 11 heteroatoms. The molecule has 4 N–H and O–H groups in total. The van der Waals surface area contributed by atoms with E-state index in [1.807, 2.05) is 65.6 Å². The number of hydrogen-bond donors (Lipinski definition) is 3. The van der Waals surface area contributed by atoms with Crippen LogP contribution in [0, 0.1) is 13.8 Å². The van der Waals surface area contributed by atoms with Crippen molar-refractivity contribution in [3.8, 4) is 28.6 Å². The van der Waals surface area contributed by atoms with Crippen LogP contribution in [0.1, 0.15) is 55.7 Å². The Kier molecular flexibility index (Phi) is 6.42. The van der Waals surface area contributed by atoms with Crippen LogP contribution in [0.2, 0.25) is 0 Å². The van der Waals surface area contributed by atoms with Crippen molar-refractivity contribution in [3.63, 3.8) is 0 Å². The molecule has 0 bridgehead atoms. The lowest BCUT2D eigenvalue weighted by atomic mass is 10.1. The molecule has 0 fully saturated rings. The summed E-state index contributed by atoms with van der Waals surface area (Å²) in [4.78, 5) is 38.5. The van der Waals surface area contributed by atoms with Gasteiger partial charge >= 0.3 is 0 Å². The summed E-state index contributed by atoms with van der Waals surface area (Å²) >= 11 is 0. The molecule has 0 radical (unpaired) electrons. The highest BCUT2D eigenvalue weighted by Gasteiger charge is 2.27. The van der Waals surface area contributed by atoms with E-state index in [-0.39, 0.29) is 23.3 Å². The average molecular weight is 585 g/mol. The summed E-state index contributed by atoms with van der Waals surface area (Å²) in [5.41, 5.74) is 13.6. The van der Waals surface area contributed by atoms with Crippen LogP contribution in [0.3, 0.4) is 0 Å². The summed E-state index contributed by atoms with van der Waals surface area (Å²) in [6, 6.07) is 19.7. The number of nitrogens with one attached hydrogen (secondary N) is 1. The molecule has 4 heterocycles. The quantitative estimate of drug-likeness (QED) is 0.236. The van der Waals surface area contributed by atoms with Crippen LogP contribution >= 0.6 is 0 Å². The van der Waals surface area contributed by atoms with Crippen LogP contribution < -0.4 is 11.1 Å². The highest BCUT2D eigenvalue weighted by atomic mass is 16.3. The Bertz CT molecular complexity index is 2110. The van der Waals surface area contributed by atoms with Gasteiger partial charge in [-0.2, -0.15) is 5.10 Å². The maximum absolute atomic E-state index is 13.0. The summed E-state index contributed by atoms with van der Waals surface area (Å²) in [6.07, 6.45) is 3.65. The number of rotatable bonds is 6. The SMILES string of the molecule is Cc1cc(C)n(-c2ccc3nc(-c4cccnc4N)n(-c4ccc5c(c4)CC[C@@H]5NC(=O)c4ccc(O)c(C=O)c4)c3n2)n1. The van der Waals surface area contributed by atoms with E-state index in [1.54, 1.807) is 6.20 Å². The zero-order chi connectivity index (χ0) is 30.5. The predicted molar refractivity (Wildman–Crippen MR) is 165 cm³/mol. The zero-order valence-corrected chi connectivity index (χ0v) is 24.0. The molecule has 11 nitrogen and oxygen atoms in total. The zero-order valence-electron chi connectivity index (χ0n) is 24.0. The molecule has 1 amide bonds. The number of fused-ring (bicyclic) bond motifs is 2. The first-order chi connectivity index (χ1) is 21.3. The van der Waals surface area contributed by atoms with Gasteiger partial charge in [0, 0.05) is 23.1 Å². The van der Waals surface area contributed by atoms with E-state index >= 15 is 0 Å². The van der Waals surface area contributed by atoms with E-state index in [0.717, 1.165) is 41.0 Å². The number of aldehydes is 1. The number of anilines is 1. The maximum Gasteiger partial charge on any atom is 0.251 e. The van der Waals surface area contributed by atoms with Crippen LogP contribution in [-0.2, 0) is 6.42 Å². The van der Waals surface area contributed by atoms with Crippen molar-refractivity contribution in [1.29, 1.82) is 0 Å². The summed E-state index contributed by atoms with van der Waals surface area (Å²) in [5, 5.41) is 17.5. The van der Waals surface area contributed by atoms with Gasteiger partial charge in [-0.05, 0) is 98.5 Å². The minimum atomic E-state index is -0.314. The van der Waals surface area contributed by atoms with Gasteiger partial charge in [0.05, 0.1) is 22.9 Å². The number of benzene rings is 2. The largest absolute Gasteiger partial charge is 0.507 e. The number of nitrogen functional groups attached to an aromatic ring is 1. The van der Waals surface area contributed by atoms with Crippen molar-refractivity contribution < 1.29 is 14.7 Å². The van der Waals surface area contributed by atoms with Gasteiger partial charge in [-0.3, -0.25) is 14.2 Å². The second kappa shape index (κ2) is 10.5. The summed E-state index contributed by atoms with van der Waals surface area (Å²) in [5.74, 6) is 1.17. The Hall–Kier alpha value is -5.84. The van der Waals surface area contributed by atoms with E-state index in [1.165, 1.54) is 18.2 Å². The predicted octanol–water partition coefficient (Wildman–Crippen LogP) is 4.80. The number of hydrogen-bond acceptors (Lipinski definition) is 8. The van der Waals surface area contributed by atoms with Crippen LogP contribution in [0.5, 0.6) is 5.75 Å². The number of nitrogens with two attached hydrogens (primary N) is 1. The second-order valence-electron chi connectivity index (χ2n) is 10.9. The molecule has 1 atom stereocenters. The lowest BCUT2D eigenvalue weighted by Crippen LogP contribution is -2.27. The Labute approximate surface area is 252 Å². The molecular formula is C33H28N8O3. The first kappa shape index (κ1) is 27.0. The number of imidazole rings is 1. The third-order valence-corrected chi connectivity index (χ3v) is 7.98. The molecule has 0 saturated heterocycles. The molecule has 44 heavy (non-hydrogen) atoms. The van der Waals surface area contributed by atoms with Crippen molar-refractivity contribution >= 4 is 29.2 Å². The van der Waals surface area contributed by atoms with Gasteiger partial charge in [-0.25, -0.2) is 19.6 Å². The molecule has 7 rings (SSSR count). The fourth-order valence-electron chi connectivity index (χ4n) is 5.88. The number of aromatic nitrogens is 6. The molecule has 6 aromatic rings. The number of carbonyl (C=O) groups excluding carboxylic acids is 2. The monoisotopic (exact) mass is 584 g/mol. The number of amides is 1. The van der Waals surface area contributed by atoms with Gasteiger partial charge in [0.2, 0.25) is 0 Å². The molecule has 2 aromatic carbocycles. The van der Waals surface area contributed by atoms with Gasteiger partial charge in [-0.1, -0.05) is 6.07 Å². The van der Waals surface area contributed by atoms with Gasteiger partial charge in [0.25, 0.3) is 5.91 Å². The molecule has 1 aliphatic carbocycles. The number of carbonyl (C=O) groups is 2. The van der Waals surface area contributed by atoms with Gasteiger partial charge in [0.15, 0.2) is 23.6 Å². The van der Waals surface area contributed by atoms with Crippen LogP contribution in [-0.4, -0.2) is 46.6 Å². The first-order valence-corrected chi connectivity index (χ1v) is 14.2. The molecule has 1 aliphatic rings. The fraction of sp³-hybridized carbons (Fsp3) is 0.152. The number of nitrogens with zero attached hydrogens (tertiary/aromatic N) is 6. The van der Waals surface area contributed by atoms with Crippen LogP contribution in [0.15, 0.2) is 72.9 Å². The second-order valence-corrected chi connectivity index (χ2v) is 10.9. The third-order valence-electron chi connectivity index (χ3n) is 7.98. The minimum Gasteiger partial charge on any atom is -0.507 e. The Morgan fingerprint density at radius 3 is 2.70 bits per heavy atom. The Balaban J connectivity index is 1.30. The molecule has 0 saturated carbocycles. The summed E-state index contributed by atoms with van der Waals surface area (Å²) < 4.78 is 3.80. The maximum atomic E-state index is 13.0. The minimum absolute atomic E-state index is 0.0707. The van der Waals surface area contributed by atoms with E-state index < -0.39 is 0 Å². The Morgan fingerprint density at radius 1 is 1.07 bits per heavy atom. The molecule has 4 aromatic heterocycles. The summed E-state index contributed by atoms with van der Waals surface area (Å²) in [7, 11) is 0. The normalized spacial score (nSPS) is 14.1. The standard InChI is InChI=1S/C33H28N8O3/c1-18-14-19(2)41(39-18)29-12-10-27-32(38-29)40(31(36-27)25-4-3-13-35-30(25)34)23-7-8-24-20(16-23)5-9-26(24)37-33(44)21-6-11-28(43)22(15-21)17-42/h3-4,6-8,10-17,26,43H,5,9H2,1-2H3,(H2,34,35)(H,37,44)/t26-/m0/s1. The van der Waals surface area contributed by atoms with Crippen molar-refractivity contribution in [3.05, 3.63) is 107 Å². The smallest absolute Gasteiger partial charge is 0.251 e. The summed E-state index contributed by atoms with van der Waals surface area (Å²) in [6.45, 7) is 3.94. The van der Waals surface area contributed by atoms with Crippen molar-refractivity contribution in [2.75, 3.05) is 5.73 Å². The lowest BCUT2D eigenvalue weighted by Gasteiger charge is -2.16. The molecule has 0 aliphatic heterocycles. The fourth-order valence-corrected chi connectivity index (χ4v) is 5.88. The van der Waals surface area contributed by atoms with E-state index in [0.29, 0.717) is 46.0 Å². The number of phenolic OH excluding ortho intramolecular Hbond substituents is 1. The van der Waals surface area contributed by atoms with Crippen molar-refractivity contribution in [2.45, 2.75) is 32.7 Å². The first-order valence-electron chi connectivity index (χ1n) is 14.2. The molecule has 0 unspecified atom stereocenters. The molecule has 0 spiro atoms. The number of aryl methyl sites for hydroxylation is 3. The highest BCUT2D eigenvalue weighted by molar-refractivity contribution is 5.96. The molecule has 218 valence electrons. The van der Waals surface area contributed by atoms with E-state index in [4.69, 9.17) is 15.7 Å². The average Bonchev–Trinajstić information content (AvgIpc) is 3.71. The molecular weight excluding hydrogens is 556 g/mol. The highest BCUT2D eigenvalue weighted by Crippen LogP contribution is 2.36. The third kappa shape index (κ3) is 4.55.